The predicted molar refractivity (Wildman–Crippen MR) is 104 cm³/mol. The molecule has 0 saturated carbocycles. The van der Waals surface area contributed by atoms with E-state index in [9.17, 15) is 4.79 Å². The van der Waals surface area contributed by atoms with Gasteiger partial charge in [-0.05, 0) is 37.0 Å². The minimum Gasteiger partial charge on any atom is -0.429 e. The van der Waals surface area contributed by atoms with Crippen LogP contribution in [0, 0.1) is 5.92 Å². The SMILES string of the molecule is C=C1C[C@@]2(C[C@H](N)[C@H]3CC=C(C)C(O[Si](C)(C)C(C)(C)C)[C@@H]3O2)OC1=O. The molecule has 1 spiro atoms. The largest absolute Gasteiger partial charge is 0.429 e. The Morgan fingerprint density at radius 3 is 2.58 bits per heavy atom. The van der Waals surface area contributed by atoms with E-state index in [-0.39, 0.29) is 35.2 Å². The van der Waals surface area contributed by atoms with Crippen molar-refractivity contribution in [2.24, 2.45) is 11.7 Å². The minimum atomic E-state index is -2.00. The first-order valence-electron chi connectivity index (χ1n) is 9.54. The fraction of sp³-hybridized carbons (Fsp3) is 0.750. The molecule has 2 fully saturated rings. The molecule has 2 heterocycles. The van der Waals surface area contributed by atoms with Crippen molar-refractivity contribution in [3.8, 4) is 0 Å². The van der Waals surface area contributed by atoms with Crippen molar-refractivity contribution in [1.82, 2.24) is 0 Å². The first-order chi connectivity index (χ1) is 11.9. The van der Waals surface area contributed by atoms with Gasteiger partial charge in [0.1, 0.15) is 0 Å². The van der Waals surface area contributed by atoms with E-state index in [0.717, 1.165) is 6.42 Å². The highest BCUT2D eigenvalue weighted by atomic mass is 28.4. The molecule has 26 heavy (non-hydrogen) atoms. The Morgan fingerprint density at radius 2 is 2.04 bits per heavy atom. The maximum Gasteiger partial charge on any atom is 0.336 e. The van der Waals surface area contributed by atoms with Gasteiger partial charge in [-0.15, -0.1) is 0 Å². The summed E-state index contributed by atoms with van der Waals surface area (Å²) in [6.07, 6.45) is 3.67. The zero-order chi connectivity index (χ0) is 19.5. The van der Waals surface area contributed by atoms with Gasteiger partial charge in [0, 0.05) is 30.4 Å². The van der Waals surface area contributed by atoms with Crippen LogP contribution in [0.25, 0.3) is 0 Å². The molecule has 6 heteroatoms. The smallest absolute Gasteiger partial charge is 0.336 e. The van der Waals surface area contributed by atoms with E-state index < -0.39 is 14.1 Å². The van der Waals surface area contributed by atoms with Gasteiger partial charge < -0.3 is 19.6 Å². The summed E-state index contributed by atoms with van der Waals surface area (Å²) < 4.78 is 18.8. The molecule has 0 aromatic carbocycles. The minimum absolute atomic E-state index is 0.0951. The molecule has 0 aromatic heterocycles. The molecule has 3 aliphatic rings. The number of esters is 1. The monoisotopic (exact) mass is 379 g/mol. The highest BCUT2D eigenvalue weighted by Gasteiger charge is 2.56. The Kier molecular flexibility index (Phi) is 4.79. The maximum absolute atomic E-state index is 11.9. The third-order valence-electron chi connectivity index (χ3n) is 6.61. The Bertz CT molecular complexity index is 633. The molecular weight excluding hydrogens is 346 g/mol. The van der Waals surface area contributed by atoms with Gasteiger partial charge in [-0.1, -0.05) is 33.4 Å². The molecule has 0 aromatic rings. The number of nitrogens with two attached hydrogens (primary N) is 1. The summed E-state index contributed by atoms with van der Waals surface area (Å²) in [5.74, 6) is -1.17. The third kappa shape index (κ3) is 3.32. The Hall–Kier alpha value is -0.953. The van der Waals surface area contributed by atoms with Crippen molar-refractivity contribution in [1.29, 1.82) is 0 Å². The second-order valence-corrected chi connectivity index (χ2v) is 14.4. The van der Waals surface area contributed by atoms with E-state index in [1.165, 1.54) is 5.57 Å². The van der Waals surface area contributed by atoms with E-state index in [0.29, 0.717) is 18.4 Å². The lowest BCUT2D eigenvalue weighted by Gasteiger charge is -2.51. The molecule has 0 amide bonds. The summed E-state index contributed by atoms with van der Waals surface area (Å²) in [5, 5.41) is 0.100. The summed E-state index contributed by atoms with van der Waals surface area (Å²) >= 11 is 0. The zero-order valence-corrected chi connectivity index (χ0v) is 17.9. The molecule has 0 bridgehead atoms. The van der Waals surface area contributed by atoms with E-state index in [1.54, 1.807) is 0 Å². The lowest BCUT2D eigenvalue weighted by Crippen LogP contribution is -2.61. The summed E-state index contributed by atoms with van der Waals surface area (Å²) in [7, 11) is -2.00. The van der Waals surface area contributed by atoms with Gasteiger partial charge in [0.25, 0.3) is 0 Å². The van der Waals surface area contributed by atoms with Gasteiger partial charge >= 0.3 is 5.97 Å². The number of hydrogen-bond acceptors (Lipinski definition) is 5. The molecular formula is C20H33NO4Si. The van der Waals surface area contributed by atoms with E-state index in [4.69, 9.17) is 19.6 Å². The number of carbonyl (C=O) groups excluding carboxylic acids is 1. The molecule has 2 aliphatic heterocycles. The number of ether oxygens (including phenoxy) is 2. The van der Waals surface area contributed by atoms with Crippen molar-refractivity contribution in [3.05, 3.63) is 23.8 Å². The first kappa shape index (κ1) is 19.8. The molecule has 0 radical (unpaired) electrons. The van der Waals surface area contributed by atoms with Crippen LogP contribution in [0.4, 0.5) is 0 Å². The van der Waals surface area contributed by atoms with Gasteiger partial charge in [-0.2, -0.15) is 0 Å². The fourth-order valence-electron chi connectivity index (χ4n) is 3.94. The van der Waals surface area contributed by atoms with E-state index in [2.05, 4.69) is 53.4 Å². The highest BCUT2D eigenvalue weighted by Crippen LogP contribution is 2.47. The number of carbonyl (C=O) groups is 1. The molecule has 2 N–H and O–H groups in total. The summed E-state index contributed by atoms with van der Waals surface area (Å²) in [4.78, 5) is 11.9. The van der Waals surface area contributed by atoms with Crippen molar-refractivity contribution in [2.75, 3.05) is 0 Å². The van der Waals surface area contributed by atoms with Crippen molar-refractivity contribution >= 4 is 14.3 Å². The Labute approximate surface area is 158 Å². The van der Waals surface area contributed by atoms with Crippen molar-refractivity contribution in [3.63, 3.8) is 0 Å². The van der Waals surface area contributed by atoms with E-state index in [1.807, 2.05) is 0 Å². The van der Waals surface area contributed by atoms with Crippen LogP contribution in [-0.2, 0) is 18.7 Å². The summed E-state index contributed by atoms with van der Waals surface area (Å²) in [5.41, 5.74) is 8.16. The van der Waals surface area contributed by atoms with Gasteiger partial charge in [0.2, 0.25) is 5.79 Å². The van der Waals surface area contributed by atoms with Gasteiger partial charge in [0.15, 0.2) is 8.32 Å². The van der Waals surface area contributed by atoms with Crippen LogP contribution in [0.3, 0.4) is 0 Å². The number of rotatable bonds is 2. The fourth-order valence-corrected chi connectivity index (χ4v) is 5.25. The predicted octanol–water partition coefficient (Wildman–Crippen LogP) is 3.66. The van der Waals surface area contributed by atoms with Gasteiger partial charge in [-0.3, -0.25) is 0 Å². The topological polar surface area (TPSA) is 70.8 Å². The van der Waals surface area contributed by atoms with Crippen LogP contribution >= 0.6 is 0 Å². The average Bonchev–Trinajstić information content (AvgIpc) is 2.74. The van der Waals surface area contributed by atoms with Crippen molar-refractivity contribution < 1.29 is 18.7 Å². The molecule has 5 nitrogen and oxygen atoms in total. The molecule has 1 aliphatic carbocycles. The van der Waals surface area contributed by atoms with Crippen LogP contribution in [-0.4, -0.2) is 38.3 Å². The van der Waals surface area contributed by atoms with Gasteiger partial charge in [-0.25, -0.2) is 4.79 Å². The average molecular weight is 380 g/mol. The number of hydrogen-bond donors (Lipinski definition) is 1. The lowest BCUT2D eigenvalue weighted by atomic mass is 9.76. The van der Waals surface area contributed by atoms with Crippen molar-refractivity contribution in [2.45, 2.75) is 89.1 Å². The first-order valence-corrected chi connectivity index (χ1v) is 12.4. The molecule has 3 rings (SSSR count). The Balaban J connectivity index is 1.90. The third-order valence-corrected chi connectivity index (χ3v) is 11.1. The lowest BCUT2D eigenvalue weighted by molar-refractivity contribution is -0.279. The quantitative estimate of drug-likeness (QED) is 0.343. The second kappa shape index (κ2) is 6.29. The maximum atomic E-state index is 11.9. The van der Waals surface area contributed by atoms with Gasteiger partial charge in [0.05, 0.1) is 12.2 Å². The van der Waals surface area contributed by atoms with Crippen LogP contribution in [0.2, 0.25) is 18.1 Å². The number of allylic oxidation sites excluding steroid dienone is 1. The molecule has 146 valence electrons. The van der Waals surface area contributed by atoms with Crippen LogP contribution < -0.4 is 5.73 Å². The molecule has 2 saturated heterocycles. The van der Waals surface area contributed by atoms with Crippen LogP contribution in [0.15, 0.2) is 23.8 Å². The van der Waals surface area contributed by atoms with Crippen LogP contribution in [0.5, 0.6) is 0 Å². The summed E-state index contributed by atoms with van der Waals surface area (Å²) in [6.45, 7) is 17.1. The summed E-state index contributed by atoms with van der Waals surface area (Å²) in [6, 6.07) is -0.0951. The molecule has 5 atom stereocenters. The standard InChI is InChI=1S/C20H33NO4Si/c1-12-8-9-14-15(21)11-20(10-13(2)18(22)24-20)23-17(14)16(12)25-26(6,7)19(3,4)5/h8,14-17H,2,9-11,21H2,1,3-7H3/t14-,15+,16?,17-,20+/m1/s1. The molecule has 1 unspecified atom stereocenters. The second-order valence-electron chi connectivity index (χ2n) is 9.68. The number of fused-ring (bicyclic) bond motifs is 1. The highest BCUT2D eigenvalue weighted by molar-refractivity contribution is 6.74. The zero-order valence-electron chi connectivity index (χ0n) is 16.9. The van der Waals surface area contributed by atoms with E-state index >= 15 is 0 Å². The normalized spacial score (nSPS) is 38.2. The Morgan fingerprint density at radius 1 is 1.38 bits per heavy atom. The van der Waals surface area contributed by atoms with Crippen LogP contribution in [0.1, 0.15) is 47.0 Å².